The zero-order valence-electron chi connectivity index (χ0n) is 11.7. The molecule has 3 nitrogen and oxygen atoms in total. The van der Waals surface area contributed by atoms with Gasteiger partial charge in [-0.15, -0.1) is 0 Å². The summed E-state index contributed by atoms with van der Waals surface area (Å²) < 4.78 is 0. The summed E-state index contributed by atoms with van der Waals surface area (Å²) in [6.45, 7) is 2.10. The molecule has 2 N–H and O–H groups in total. The maximum Gasteiger partial charge on any atom is 0.320 e. The molecule has 0 bridgehead atoms. The number of unbranched alkanes of at least 4 members (excludes halogenated alkanes) is 1. The van der Waals surface area contributed by atoms with Crippen molar-refractivity contribution < 1.29 is 9.90 Å². The van der Waals surface area contributed by atoms with E-state index >= 15 is 0 Å². The van der Waals surface area contributed by atoms with Crippen molar-refractivity contribution in [2.75, 3.05) is 12.0 Å². The molecule has 0 aromatic heterocycles. The van der Waals surface area contributed by atoms with Gasteiger partial charge in [0.15, 0.2) is 0 Å². The van der Waals surface area contributed by atoms with E-state index in [0.29, 0.717) is 6.04 Å². The summed E-state index contributed by atoms with van der Waals surface area (Å²) in [5.74, 6) is 1.41. The van der Waals surface area contributed by atoms with Crippen LogP contribution in [-0.4, -0.2) is 35.2 Å². The van der Waals surface area contributed by atoms with Gasteiger partial charge in [-0.05, 0) is 50.0 Å². The maximum absolute atomic E-state index is 11.2. The summed E-state index contributed by atoms with van der Waals surface area (Å²) >= 11 is 1.92. The topological polar surface area (TPSA) is 49.3 Å². The fourth-order valence-corrected chi connectivity index (χ4v) is 3.51. The number of thioether (sulfide) groups is 1. The van der Waals surface area contributed by atoms with Crippen molar-refractivity contribution in [1.82, 2.24) is 5.32 Å². The largest absolute Gasteiger partial charge is 0.480 e. The minimum absolute atomic E-state index is 0.341. The molecule has 1 atom stereocenters. The highest BCUT2D eigenvalue weighted by Gasteiger charge is 2.25. The van der Waals surface area contributed by atoms with Crippen molar-refractivity contribution in [3.8, 4) is 0 Å². The first-order chi connectivity index (χ1) is 8.67. The summed E-state index contributed by atoms with van der Waals surface area (Å²) in [6.07, 6.45) is 9.75. The molecular weight excluding hydrogens is 246 g/mol. The quantitative estimate of drug-likeness (QED) is 0.713. The van der Waals surface area contributed by atoms with Gasteiger partial charge in [-0.2, -0.15) is 11.8 Å². The fourth-order valence-electron chi connectivity index (χ4n) is 2.70. The van der Waals surface area contributed by atoms with Crippen LogP contribution in [0, 0.1) is 5.92 Å². The third-order valence-corrected chi connectivity index (χ3v) is 4.64. The molecule has 4 heteroatoms. The van der Waals surface area contributed by atoms with Crippen molar-refractivity contribution in [3.63, 3.8) is 0 Å². The van der Waals surface area contributed by atoms with Crippen molar-refractivity contribution in [2.24, 2.45) is 5.92 Å². The molecule has 0 amide bonds. The molecule has 0 heterocycles. The number of nitrogens with one attached hydrogen (secondary N) is 1. The summed E-state index contributed by atoms with van der Waals surface area (Å²) in [7, 11) is 0. The summed E-state index contributed by atoms with van der Waals surface area (Å²) in [4.78, 5) is 11.2. The predicted octanol–water partition coefficient (Wildman–Crippen LogP) is 3.14. The van der Waals surface area contributed by atoms with Crippen molar-refractivity contribution >= 4 is 17.7 Å². The molecule has 1 saturated carbocycles. The van der Waals surface area contributed by atoms with Gasteiger partial charge in [-0.1, -0.05) is 19.8 Å². The van der Waals surface area contributed by atoms with Gasteiger partial charge in [-0.3, -0.25) is 4.79 Å². The van der Waals surface area contributed by atoms with Crippen LogP contribution in [0.1, 0.15) is 51.9 Å². The minimum atomic E-state index is -0.685. The first-order valence-corrected chi connectivity index (χ1v) is 8.54. The maximum atomic E-state index is 11.2. The summed E-state index contributed by atoms with van der Waals surface area (Å²) in [5.41, 5.74) is 0. The molecule has 1 aliphatic carbocycles. The molecule has 0 unspecified atom stereocenters. The Kier molecular flexibility index (Phi) is 7.75. The molecule has 0 aromatic carbocycles. The van der Waals surface area contributed by atoms with E-state index in [2.05, 4.69) is 18.5 Å². The molecule has 1 aliphatic rings. The number of carbonyl (C=O) groups is 1. The van der Waals surface area contributed by atoms with Gasteiger partial charge in [0.2, 0.25) is 0 Å². The summed E-state index contributed by atoms with van der Waals surface area (Å²) in [6, 6.07) is 0.0770. The van der Waals surface area contributed by atoms with Gasteiger partial charge in [0.05, 0.1) is 0 Å². The van der Waals surface area contributed by atoms with Crippen LogP contribution in [0.4, 0.5) is 0 Å². The number of hydrogen-bond donors (Lipinski definition) is 2. The molecule has 1 rings (SSSR count). The molecule has 0 radical (unpaired) electrons. The van der Waals surface area contributed by atoms with Gasteiger partial charge in [-0.25, -0.2) is 0 Å². The minimum Gasteiger partial charge on any atom is -0.480 e. The molecule has 1 fully saturated rings. The van der Waals surface area contributed by atoms with Gasteiger partial charge < -0.3 is 10.4 Å². The normalized spacial score (nSPS) is 25.9. The number of aliphatic carboxylic acids is 1. The molecule has 0 aliphatic heterocycles. The van der Waals surface area contributed by atoms with E-state index in [4.69, 9.17) is 0 Å². The first-order valence-electron chi connectivity index (χ1n) is 7.15. The zero-order valence-corrected chi connectivity index (χ0v) is 12.5. The Labute approximate surface area is 115 Å². The number of carboxylic acid groups (broad SMARTS) is 1. The van der Waals surface area contributed by atoms with E-state index in [0.717, 1.165) is 38.0 Å². The Morgan fingerprint density at radius 1 is 1.39 bits per heavy atom. The monoisotopic (exact) mass is 273 g/mol. The van der Waals surface area contributed by atoms with E-state index in [1.807, 2.05) is 11.8 Å². The lowest BCUT2D eigenvalue weighted by Crippen LogP contribution is -2.45. The van der Waals surface area contributed by atoms with E-state index in [-0.39, 0.29) is 6.04 Å². The fraction of sp³-hybridized carbons (Fsp3) is 0.929. The summed E-state index contributed by atoms with van der Waals surface area (Å²) in [5, 5.41) is 12.5. The predicted molar refractivity (Wildman–Crippen MR) is 78.2 cm³/mol. The van der Waals surface area contributed by atoms with Crippen LogP contribution in [0.25, 0.3) is 0 Å². The van der Waals surface area contributed by atoms with E-state index in [9.17, 15) is 9.90 Å². The third-order valence-electron chi connectivity index (χ3n) is 3.83. The van der Waals surface area contributed by atoms with E-state index in [1.165, 1.54) is 18.6 Å². The standard InChI is InChI=1S/C14H27NO2S/c1-3-4-5-13(14(16)17)15-12-8-6-11(7-9-12)10-18-2/h11-13,15H,3-10H2,1-2H3,(H,16,17)/t11?,12?,13-/m0/s1. The van der Waals surface area contributed by atoms with Gasteiger partial charge in [0.25, 0.3) is 0 Å². The van der Waals surface area contributed by atoms with Gasteiger partial charge >= 0.3 is 5.97 Å². The van der Waals surface area contributed by atoms with Crippen LogP contribution in [0.3, 0.4) is 0 Å². The third kappa shape index (κ3) is 5.61. The molecule has 0 aromatic rings. The van der Waals surface area contributed by atoms with Gasteiger partial charge in [0, 0.05) is 6.04 Å². The van der Waals surface area contributed by atoms with Crippen LogP contribution in [0.5, 0.6) is 0 Å². The Balaban J connectivity index is 2.30. The lowest BCUT2D eigenvalue weighted by atomic mass is 9.86. The van der Waals surface area contributed by atoms with Crippen LogP contribution >= 0.6 is 11.8 Å². The average Bonchev–Trinajstić information content (AvgIpc) is 2.36. The highest BCUT2D eigenvalue weighted by atomic mass is 32.2. The molecular formula is C14H27NO2S. The highest BCUT2D eigenvalue weighted by molar-refractivity contribution is 7.98. The van der Waals surface area contributed by atoms with Crippen molar-refractivity contribution in [1.29, 1.82) is 0 Å². The van der Waals surface area contributed by atoms with Crippen molar-refractivity contribution in [3.05, 3.63) is 0 Å². The Morgan fingerprint density at radius 3 is 2.56 bits per heavy atom. The molecule has 18 heavy (non-hydrogen) atoms. The van der Waals surface area contributed by atoms with E-state index in [1.54, 1.807) is 0 Å². The van der Waals surface area contributed by atoms with Crippen LogP contribution in [-0.2, 0) is 4.79 Å². The number of rotatable bonds is 8. The SMILES string of the molecule is CCCC[C@H](NC1CCC(CSC)CC1)C(=O)O. The lowest BCUT2D eigenvalue weighted by molar-refractivity contribution is -0.140. The molecule has 0 spiro atoms. The second-order valence-corrected chi connectivity index (χ2v) is 6.28. The number of carboxylic acids is 1. The Bertz CT molecular complexity index is 240. The second-order valence-electron chi connectivity index (χ2n) is 5.37. The Morgan fingerprint density at radius 2 is 2.06 bits per heavy atom. The van der Waals surface area contributed by atoms with Crippen molar-refractivity contribution in [2.45, 2.75) is 64.0 Å². The second kappa shape index (κ2) is 8.81. The van der Waals surface area contributed by atoms with Gasteiger partial charge in [0.1, 0.15) is 6.04 Å². The zero-order chi connectivity index (χ0) is 13.4. The molecule has 0 saturated heterocycles. The molecule has 106 valence electrons. The Hall–Kier alpha value is -0.220. The lowest BCUT2D eigenvalue weighted by Gasteiger charge is -2.30. The van der Waals surface area contributed by atoms with Crippen LogP contribution < -0.4 is 5.32 Å². The highest BCUT2D eigenvalue weighted by Crippen LogP contribution is 2.27. The van der Waals surface area contributed by atoms with E-state index < -0.39 is 5.97 Å². The first kappa shape index (κ1) is 15.8. The van der Waals surface area contributed by atoms with Crippen LogP contribution in [0.2, 0.25) is 0 Å². The average molecular weight is 273 g/mol. The number of hydrogen-bond acceptors (Lipinski definition) is 3. The smallest absolute Gasteiger partial charge is 0.320 e. The van der Waals surface area contributed by atoms with Crippen LogP contribution in [0.15, 0.2) is 0 Å².